The molecule has 0 bridgehead atoms. The van der Waals surface area contributed by atoms with Crippen molar-refractivity contribution in [1.82, 2.24) is 15.1 Å². The van der Waals surface area contributed by atoms with Crippen LogP contribution in [0.2, 0.25) is 0 Å². The van der Waals surface area contributed by atoms with Crippen molar-refractivity contribution in [3.8, 4) is 5.75 Å². The number of ether oxygens (including phenoxy) is 1. The smallest absolute Gasteiger partial charge is 0.258 e. The van der Waals surface area contributed by atoms with Gasteiger partial charge in [0.15, 0.2) is 6.61 Å². The fraction of sp³-hybridized carbons (Fsp3) is 0.368. The number of carbonyl (C=O) groups excluding carboxylic acids is 2. The molecular weight excluding hydrogens is 430 g/mol. The van der Waals surface area contributed by atoms with Gasteiger partial charge in [-0.1, -0.05) is 13.8 Å². The van der Waals surface area contributed by atoms with E-state index in [-0.39, 0.29) is 29.9 Å². The van der Waals surface area contributed by atoms with Crippen LogP contribution in [0.15, 0.2) is 46.0 Å². The molecule has 0 unspecified atom stereocenters. The quantitative estimate of drug-likeness (QED) is 0.349. The Kier molecular flexibility index (Phi) is 8.78. The van der Waals surface area contributed by atoms with Gasteiger partial charge in [-0.05, 0) is 52.6 Å². The van der Waals surface area contributed by atoms with Gasteiger partial charge in [0.1, 0.15) is 5.75 Å². The summed E-state index contributed by atoms with van der Waals surface area (Å²) in [5, 5.41) is 15.3. The van der Waals surface area contributed by atoms with E-state index in [1.807, 2.05) is 30.7 Å². The van der Waals surface area contributed by atoms with Gasteiger partial charge in [-0.3, -0.25) is 14.8 Å². The standard InChI is InChI=1S/C19H25N3O6S2/c1-14(2)10-22(11-18(23)21-25)30(26,27)17-5-3-16(4-6-17)28-12-19(24)20-9-15-7-8-29-13-15/h3-8,13-14,25H,9-12H2,1-2H3,(H,20,24)(H,21,23). The van der Waals surface area contributed by atoms with Gasteiger partial charge in [-0.25, -0.2) is 13.9 Å². The predicted octanol–water partition coefficient (Wildman–Crippen LogP) is 1.60. The van der Waals surface area contributed by atoms with Gasteiger partial charge in [0.25, 0.3) is 11.8 Å². The van der Waals surface area contributed by atoms with Gasteiger partial charge in [0.05, 0.1) is 11.4 Å². The van der Waals surface area contributed by atoms with Crippen molar-refractivity contribution in [3.63, 3.8) is 0 Å². The van der Waals surface area contributed by atoms with E-state index in [4.69, 9.17) is 9.94 Å². The molecule has 0 atom stereocenters. The van der Waals surface area contributed by atoms with Crippen LogP contribution >= 0.6 is 11.3 Å². The molecule has 164 valence electrons. The van der Waals surface area contributed by atoms with Crippen molar-refractivity contribution in [2.24, 2.45) is 5.92 Å². The van der Waals surface area contributed by atoms with Crippen LogP contribution in [0, 0.1) is 5.92 Å². The summed E-state index contributed by atoms with van der Waals surface area (Å²) in [6.45, 7) is 3.46. The van der Waals surface area contributed by atoms with Crippen LogP contribution in [0.4, 0.5) is 0 Å². The fourth-order valence-electron chi connectivity index (χ4n) is 2.50. The molecular formula is C19H25N3O6S2. The molecule has 0 fully saturated rings. The number of hydrogen-bond acceptors (Lipinski definition) is 7. The number of hydrogen-bond donors (Lipinski definition) is 3. The first-order chi connectivity index (χ1) is 14.2. The number of carbonyl (C=O) groups is 2. The summed E-state index contributed by atoms with van der Waals surface area (Å²) < 4.78 is 32.1. The van der Waals surface area contributed by atoms with E-state index in [1.54, 1.807) is 11.3 Å². The summed E-state index contributed by atoms with van der Waals surface area (Å²) in [6.07, 6.45) is 0. The lowest BCUT2D eigenvalue weighted by Gasteiger charge is -2.23. The van der Waals surface area contributed by atoms with Gasteiger partial charge < -0.3 is 10.1 Å². The highest BCUT2D eigenvalue weighted by molar-refractivity contribution is 7.89. The van der Waals surface area contributed by atoms with E-state index in [2.05, 4.69) is 5.32 Å². The summed E-state index contributed by atoms with van der Waals surface area (Å²) in [5.41, 5.74) is 2.45. The Morgan fingerprint density at radius 2 is 1.87 bits per heavy atom. The molecule has 30 heavy (non-hydrogen) atoms. The lowest BCUT2D eigenvalue weighted by Crippen LogP contribution is -2.41. The van der Waals surface area contributed by atoms with Crippen LogP contribution in [0.3, 0.4) is 0 Å². The molecule has 0 saturated carbocycles. The number of sulfonamides is 1. The van der Waals surface area contributed by atoms with Crippen molar-refractivity contribution >= 4 is 33.2 Å². The Balaban J connectivity index is 1.98. The number of thiophene rings is 1. The Labute approximate surface area is 179 Å². The maximum absolute atomic E-state index is 12.9. The van der Waals surface area contributed by atoms with Crippen LogP contribution in [0.5, 0.6) is 5.75 Å². The minimum atomic E-state index is -3.96. The lowest BCUT2D eigenvalue weighted by atomic mass is 10.2. The first-order valence-corrected chi connectivity index (χ1v) is 11.5. The van der Waals surface area contributed by atoms with Crippen LogP contribution in [-0.2, 0) is 26.2 Å². The molecule has 2 amide bonds. The average molecular weight is 456 g/mol. The molecule has 3 N–H and O–H groups in total. The number of rotatable bonds is 11. The zero-order valence-corrected chi connectivity index (χ0v) is 18.3. The predicted molar refractivity (Wildman–Crippen MR) is 112 cm³/mol. The van der Waals surface area contributed by atoms with E-state index >= 15 is 0 Å². The molecule has 11 heteroatoms. The maximum atomic E-state index is 12.9. The largest absolute Gasteiger partial charge is 0.484 e. The van der Waals surface area contributed by atoms with E-state index in [0.29, 0.717) is 12.3 Å². The Morgan fingerprint density at radius 1 is 1.17 bits per heavy atom. The monoisotopic (exact) mass is 455 g/mol. The molecule has 0 aliphatic heterocycles. The average Bonchev–Trinajstić information content (AvgIpc) is 3.23. The summed E-state index contributed by atoms with van der Waals surface area (Å²) >= 11 is 1.54. The van der Waals surface area contributed by atoms with Gasteiger partial charge in [-0.15, -0.1) is 0 Å². The van der Waals surface area contributed by atoms with Crippen molar-refractivity contribution in [1.29, 1.82) is 0 Å². The van der Waals surface area contributed by atoms with E-state index in [9.17, 15) is 18.0 Å². The highest BCUT2D eigenvalue weighted by Gasteiger charge is 2.27. The third-order valence-electron chi connectivity index (χ3n) is 3.91. The summed E-state index contributed by atoms with van der Waals surface area (Å²) in [4.78, 5) is 23.3. The van der Waals surface area contributed by atoms with Gasteiger partial charge >= 0.3 is 0 Å². The number of amides is 2. The molecule has 1 aromatic heterocycles. The highest BCUT2D eigenvalue weighted by atomic mass is 32.2. The first kappa shape index (κ1) is 23.8. The van der Waals surface area contributed by atoms with Crippen molar-refractivity contribution in [3.05, 3.63) is 46.7 Å². The van der Waals surface area contributed by atoms with Crippen molar-refractivity contribution in [2.45, 2.75) is 25.3 Å². The molecule has 0 aliphatic rings. The Bertz CT molecular complexity index is 928. The zero-order chi connectivity index (χ0) is 22.1. The van der Waals surface area contributed by atoms with Crippen LogP contribution in [0.1, 0.15) is 19.4 Å². The Morgan fingerprint density at radius 3 is 2.43 bits per heavy atom. The van der Waals surface area contributed by atoms with E-state index in [1.165, 1.54) is 29.7 Å². The molecule has 0 aliphatic carbocycles. The highest BCUT2D eigenvalue weighted by Crippen LogP contribution is 2.20. The zero-order valence-electron chi connectivity index (χ0n) is 16.7. The topological polar surface area (TPSA) is 125 Å². The molecule has 2 aromatic rings. The molecule has 2 rings (SSSR count). The maximum Gasteiger partial charge on any atom is 0.258 e. The van der Waals surface area contributed by atoms with E-state index in [0.717, 1.165) is 9.87 Å². The lowest BCUT2D eigenvalue weighted by molar-refractivity contribution is -0.129. The number of nitrogens with zero attached hydrogens (tertiary/aromatic N) is 1. The fourth-order valence-corrected chi connectivity index (χ4v) is 4.73. The van der Waals surface area contributed by atoms with Gasteiger partial charge in [-0.2, -0.15) is 15.6 Å². The summed E-state index contributed by atoms with van der Waals surface area (Å²) in [6, 6.07) is 7.49. The molecule has 9 nitrogen and oxygen atoms in total. The van der Waals surface area contributed by atoms with Crippen LogP contribution in [0.25, 0.3) is 0 Å². The van der Waals surface area contributed by atoms with Crippen LogP contribution in [-0.4, -0.2) is 49.4 Å². The number of hydroxylamine groups is 1. The van der Waals surface area contributed by atoms with E-state index < -0.39 is 22.5 Å². The Hall–Kier alpha value is -2.47. The molecule has 0 saturated heterocycles. The molecule has 1 aromatic carbocycles. The third kappa shape index (κ3) is 7.10. The first-order valence-electron chi connectivity index (χ1n) is 9.16. The second kappa shape index (κ2) is 11.1. The minimum absolute atomic E-state index is 0.0249. The van der Waals surface area contributed by atoms with Crippen LogP contribution < -0.4 is 15.5 Å². The second-order valence-corrected chi connectivity index (χ2v) is 9.61. The number of nitrogens with one attached hydrogen (secondary N) is 2. The second-order valence-electron chi connectivity index (χ2n) is 6.89. The van der Waals surface area contributed by atoms with Crippen molar-refractivity contribution < 1.29 is 28.0 Å². The third-order valence-corrected chi connectivity index (χ3v) is 6.47. The number of benzene rings is 1. The summed E-state index contributed by atoms with van der Waals surface area (Å²) in [5.74, 6) is -0.812. The molecule has 0 radical (unpaired) electrons. The molecule has 1 heterocycles. The SMILES string of the molecule is CC(C)CN(CC(=O)NO)S(=O)(=O)c1ccc(OCC(=O)NCc2ccsc2)cc1. The van der Waals surface area contributed by atoms with Gasteiger partial charge in [0, 0.05) is 13.1 Å². The minimum Gasteiger partial charge on any atom is -0.484 e. The van der Waals surface area contributed by atoms with Crippen molar-refractivity contribution in [2.75, 3.05) is 19.7 Å². The normalized spacial score (nSPS) is 11.5. The summed E-state index contributed by atoms with van der Waals surface area (Å²) in [7, 11) is -3.96. The van der Waals surface area contributed by atoms with Gasteiger partial charge in [0.2, 0.25) is 10.0 Å². The molecule has 0 spiro atoms.